The Hall–Kier alpha value is -2.02. The predicted molar refractivity (Wildman–Crippen MR) is 97.8 cm³/mol. The van der Waals surface area contributed by atoms with Crippen LogP contribution in [0.25, 0.3) is 11.3 Å². The first-order valence-electron chi connectivity index (χ1n) is 8.63. The predicted octanol–water partition coefficient (Wildman–Crippen LogP) is 5.27. The number of hydrogen-bond acceptors (Lipinski definition) is 4. The fraction of sp³-hybridized carbons (Fsp3) is 0.450. The number of aromatic nitrogens is 1. The Labute approximate surface area is 159 Å². The van der Waals surface area contributed by atoms with Gasteiger partial charge in [0.15, 0.2) is 11.6 Å². The zero-order valence-corrected chi connectivity index (χ0v) is 16.1. The van der Waals surface area contributed by atoms with Crippen LogP contribution in [-0.2, 0) is 16.0 Å². The van der Waals surface area contributed by atoms with Crippen LogP contribution in [0, 0.1) is 12.3 Å². The molecule has 0 unspecified atom stereocenters. The van der Waals surface area contributed by atoms with E-state index >= 15 is 0 Å². The van der Waals surface area contributed by atoms with E-state index in [2.05, 4.69) is 4.98 Å². The quantitative estimate of drug-likeness (QED) is 0.666. The molecule has 0 amide bonds. The third-order valence-electron chi connectivity index (χ3n) is 4.75. The Bertz CT molecular complexity index is 879. The molecule has 0 N–H and O–H groups in total. The van der Waals surface area contributed by atoms with Gasteiger partial charge in [0.2, 0.25) is 0 Å². The lowest BCUT2D eigenvalue weighted by atomic mass is 9.72. The highest BCUT2D eigenvalue weighted by Gasteiger charge is 2.41. The molecule has 0 bridgehead atoms. The summed E-state index contributed by atoms with van der Waals surface area (Å²) in [7, 11) is 0. The molecule has 3 nitrogen and oxygen atoms in total. The number of rotatable bonds is 3. The third-order valence-corrected chi connectivity index (χ3v) is 5.66. The van der Waals surface area contributed by atoms with Gasteiger partial charge in [-0.2, -0.15) is 13.2 Å². The van der Waals surface area contributed by atoms with Gasteiger partial charge in [-0.05, 0) is 29.5 Å². The summed E-state index contributed by atoms with van der Waals surface area (Å²) in [4.78, 5) is 29.3. The van der Waals surface area contributed by atoms with E-state index in [1.165, 1.54) is 17.4 Å². The lowest BCUT2D eigenvalue weighted by molar-refractivity contribution is -0.135. The lowest BCUT2D eigenvalue weighted by Crippen LogP contribution is -2.36. The van der Waals surface area contributed by atoms with Gasteiger partial charge in [0.1, 0.15) is 10.9 Å². The summed E-state index contributed by atoms with van der Waals surface area (Å²) < 4.78 is 38.3. The number of thiazole rings is 1. The number of benzene rings is 1. The standard InChI is InChI=1S/C20H20F3NO2S/c1-11-4-5-12(6-13(11)7-20(21,22)23)14-10-27-18(24-14)17-15(25)8-19(2,3)9-16(17)26/h4-6,10,17H,7-9H2,1-3H3. The molecule has 1 heterocycles. The second-order valence-corrected chi connectivity index (χ2v) is 8.78. The second-order valence-electron chi connectivity index (χ2n) is 7.89. The molecule has 1 aromatic heterocycles. The molecule has 0 atom stereocenters. The number of halogens is 3. The van der Waals surface area contributed by atoms with E-state index < -0.39 is 18.5 Å². The maximum absolute atomic E-state index is 12.8. The molecule has 0 radical (unpaired) electrons. The van der Waals surface area contributed by atoms with Gasteiger partial charge in [0.05, 0.1) is 12.1 Å². The van der Waals surface area contributed by atoms with Gasteiger partial charge in [-0.25, -0.2) is 4.98 Å². The Balaban J connectivity index is 1.89. The number of ketones is 2. The van der Waals surface area contributed by atoms with Crippen LogP contribution >= 0.6 is 11.3 Å². The van der Waals surface area contributed by atoms with Gasteiger partial charge in [0, 0.05) is 23.8 Å². The van der Waals surface area contributed by atoms with Crippen LogP contribution < -0.4 is 0 Å². The van der Waals surface area contributed by atoms with Gasteiger partial charge in [-0.3, -0.25) is 9.59 Å². The van der Waals surface area contributed by atoms with Crippen molar-refractivity contribution in [3.8, 4) is 11.3 Å². The molecule has 1 aliphatic carbocycles. The normalized spacial score (nSPS) is 18.1. The van der Waals surface area contributed by atoms with Gasteiger partial charge in [-0.1, -0.05) is 26.0 Å². The summed E-state index contributed by atoms with van der Waals surface area (Å²) in [5, 5.41) is 2.12. The Morgan fingerprint density at radius 1 is 1.19 bits per heavy atom. The van der Waals surface area contributed by atoms with Crippen LogP contribution in [0.4, 0.5) is 13.2 Å². The largest absolute Gasteiger partial charge is 0.393 e. The molecule has 0 spiro atoms. The van der Waals surface area contributed by atoms with Crippen molar-refractivity contribution in [2.75, 3.05) is 0 Å². The minimum Gasteiger partial charge on any atom is -0.298 e. The number of Topliss-reactive ketones (excluding diaryl/α,β-unsaturated/α-hetero) is 2. The average molecular weight is 395 g/mol. The fourth-order valence-corrected chi connectivity index (χ4v) is 4.43. The number of hydrogen-bond donors (Lipinski definition) is 0. The first kappa shape index (κ1) is 19.7. The van der Waals surface area contributed by atoms with Crippen molar-refractivity contribution in [2.45, 2.75) is 52.1 Å². The van der Waals surface area contributed by atoms with Crippen LogP contribution in [-0.4, -0.2) is 22.7 Å². The van der Waals surface area contributed by atoms with Crippen molar-refractivity contribution in [1.29, 1.82) is 0 Å². The second kappa shape index (κ2) is 6.86. The van der Waals surface area contributed by atoms with Crippen LogP contribution in [0.5, 0.6) is 0 Å². The van der Waals surface area contributed by atoms with Crippen molar-refractivity contribution < 1.29 is 22.8 Å². The van der Waals surface area contributed by atoms with E-state index in [9.17, 15) is 22.8 Å². The molecule has 144 valence electrons. The summed E-state index contributed by atoms with van der Waals surface area (Å²) in [6.45, 7) is 5.42. The molecule has 7 heteroatoms. The van der Waals surface area contributed by atoms with Crippen molar-refractivity contribution in [3.05, 3.63) is 39.7 Å². The lowest BCUT2D eigenvalue weighted by Gasteiger charge is -2.31. The smallest absolute Gasteiger partial charge is 0.298 e. The summed E-state index contributed by atoms with van der Waals surface area (Å²) in [6.07, 6.45) is -4.65. The van der Waals surface area contributed by atoms with Crippen molar-refractivity contribution in [2.24, 2.45) is 5.41 Å². The van der Waals surface area contributed by atoms with Crippen molar-refractivity contribution >= 4 is 22.9 Å². The van der Waals surface area contributed by atoms with Gasteiger partial charge in [0.25, 0.3) is 0 Å². The molecular weight excluding hydrogens is 375 g/mol. The monoisotopic (exact) mass is 395 g/mol. The molecule has 1 saturated carbocycles. The molecule has 0 aliphatic heterocycles. The number of carbonyl (C=O) groups is 2. The number of nitrogens with zero attached hydrogens (tertiary/aromatic N) is 1. The maximum Gasteiger partial charge on any atom is 0.393 e. The zero-order chi connectivity index (χ0) is 20.0. The van der Waals surface area contributed by atoms with Crippen LogP contribution in [0.3, 0.4) is 0 Å². The SMILES string of the molecule is Cc1ccc(-c2csc(C3C(=O)CC(C)(C)CC3=O)n2)cc1CC(F)(F)F. The molecule has 1 fully saturated rings. The summed E-state index contributed by atoms with van der Waals surface area (Å²) in [6, 6.07) is 4.83. The fourth-order valence-electron chi connectivity index (χ4n) is 3.45. The van der Waals surface area contributed by atoms with E-state index in [-0.39, 0.29) is 22.5 Å². The van der Waals surface area contributed by atoms with Crippen molar-refractivity contribution in [3.63, 3.8) is 0 Å². The third kappa shape index (κ3) is 4.46. The van der Waals surface area contributed by atoms with Gasteiger partial charge >= 0.3 is 6.18 Å². The highest BCUT2D eigenvalue weighted by molar-refractivity contribution is 7.10. The van der Waals surface area contributed by atoms with Crippen LogP contribution in [0.2, 0.25) is 0 Å². The van der Waals surface area contributed by atoms with Crippen LogP contribution in [0.1, 0.15) is 48.7 Å². The molecule has 3 rings (SSSR count). The summed E-state index contributed by atoms with van der Waals surface area (Å²) in [5.74, 6) is -1.13. The zero-order valence-electron chi connectivity index (χ0n) is 15.3. The Morgan fingerprint density at radius 3 is 2.41 bits per heavy atom. The molecular formula is C20H20F3NO2S. The molecule has 27 heavy (non-hydrogen) atoms. The maximum atomic E-state index is 12.8. The van der Waals surface area contributed by atoms with E-state index in [0.717, 1.165) is 0 Å². The molecule has 1 aromatic carbocycles. The number of alkyl halides is 3. The van der Waals surface area contributed by atoms with Gasteiger partial charge < -0.3 is 0 Å². The van der Waals surface area contributed by atoms with E-state index in [1.807, 2.05) is 13.8 Å². The average Bonchev–Trinajstić information content (AvgIpc) is 2.95. The number of carbonyl (C=O) groups excluding carboxylic acids is 2. The summed E-state index contributed by atoms with van der Waals surface area (Å²) >= 11 is 1.21. The van der Waals surface area contributed by atoms with E-state index in [4.69, 9.17) is 0 Å². The van der Waals surface area contributed by atoms with E-state index in [1.54, 1.807) is 24.4 Å². The summed E-state index contributed by atoms with van der Waals surface area (Å²) in [5.41, 5.74) is 1.46. The van der Waals surface area contributed by atoms with E-state index in [0.29, 0.717) is 34.7 Å². The highest BCUT2D eigenvalue weighted by atomic mass is 32.1. The molecule has 0 saturated heterocycles. The molecule has 1 aliphatic rings. The number of aryl methyl sites for hydroxylation is 1. The van der Waals surface area contributed by atoms with Gasteiger partial charge in [-0.15, -0.1) is 11.3 Å². The first-order chi connectivity index (χ1) is 12.5. The van der Waals surface area contributed by atoms with Crippen molar-refractivity contribution in [1.82, 2.24) is 4.98 Å². The Morgan fingerprint density at radius 2 is 1.81 bits per heavy atom. The minimum atomic E-state index is -4.29. The van der Waals surface area contributed by atoms with Crippen LogP contribution in [0.15, 0.2) is 23.6 Å². The molecule has 2 aromatic rings. The Kier molecular flexibility index (Phi) is 5.01. The first-order valence-corrected chi connectivity index (χ1v) is 9.51. The highest BCUT2D eigenvalue weighted by Crippen LogP contribution is 2.39. The minimum absolute atomic E-state index is 0.140. The topological polar surface area (TPSA) is 47.0 Å².